The summed E-state index contributed by atoms with van der Waals surface area (Å²) < 4.78 is 56.5. The summed E-state index contributed by atoms with van der Waals surface area (Å²) in [5.74, 6) is -1.05. The SMILES string of the molecule is Cc1ccc(-c2cc(F)c3ccn(C(C)(C)C(=O)Nc4ccc(C#N)c(C(F)(F)F)c4)c3c2)cc1. The van der Waals surface area contributed by atoms with E-state index in [1.807, 2.05) is 31.2 Å². The van der Waals surface area contributed by atoms with Crippen molar-refractivity contribution in [3.63, 3.8) is 0 Å². The van der Waals surface area contributed by atoms with Gasteiger partial charge in [-0.3, -0.25) is 4.79 Å². The molecule has 4 nitrogen and oxygen atoms in total. The molecule has 0 saturated heterocycles. The Morgan fingerprint density at radius 3 is 2.29 bits per heavy atom. The summed E-state index contributed by atoms with van der Waals surface area (Å²) in [5.41, 5.74) is -0.0810. The molecule has 0 bridgehead atoms. The number of nitrogens with one attached hydrogen (secondary N) is 1. The van der Waals surface area contributed by atoms with Crippen molar-refractivity contribution in [2.75, 3.05) is 5.32 Å². The van der Waals surface area contributed by atoms with Gasteiger partial charge in [-0.25, -0.2) is 4.39 Å². The number of hydrogen-bond donors (Lipinski definition) is 1. The van der Waals surface area contributed by atoms with E-state index in [0.29, 0.717) is 16.5 Å². The number of rotatable bonds is 4. The Kier molecular flexibility index (Phi) is 5.89. The molecule has 35 heavy (non-hydrogen) atoms. The molecule has 4 aromatic rings. The zero-order valence-corrected chi connectivity index (χ0v) is 19.2. The number of halogens is 4. The van der Waals surface area contributed by atoms with Crippen molar-refractivity contribution in [1.82, 2.24) is 4.57 Å². The summed E-state index contributed by atoms with van der Waals surface area (Å²) in [4.78, 5) is 13.2. The van der Waals surface area contributed by atoms with Crippen molar-refractivity contribution in [2.45, 2.75) is 32.5 Å². The predicted molar refractivity (Wildman–Crippen MR) is 126 cm³/mol. The van der Waals surface area contributed by atoms with Crippen molar-refractivity contribution in [1.29, 1.82) is 5.26 Å². The minimum Gasteiger partial charge on any atom is -0.333 e. The van der Waals surface area contributed by atoms with E-state index in [1.165, 1.54) is 18.2 Å². The quantitative estimate of drug-likeness (QED) is 0.320. The highest BCUT2D eigenvalue weighted by atomic mass is 19.4. The van der Waals surface area contributed by atoms with Crippen LogP contribution in [-0.2, 0) is 16.5 Å². The molecule has 0 aliphatic heterocycles. The predicted octanol–water partition coefficient (Wildman–Crippen LogP) is 7.02. The number of hydrogen-bond acceptors (Lipinski definition) is 2. The topological polar surface area (TPSA) is 57.8 Å². The minimum absolute atomic E-state index is 0.0996. The number of nitriles is 1. The molecule has 1 heterocycles. The van der Waals surface area contributed by atoms with Gasteiger partial charge in [0, 0.05) is 17.3 Å². The fraction of sp³-hybridized carbons (Fsp3) is 0.185. The molecule has 0 aliphatic carbocycles. The van der Waals surface area contributed by atoms with Crippen LogP contribution in [0.3, 0.4) is 0 Å². The Morgan fingerprint density at radius 1 is 0.971 bits per heavy atom. The number of nitrogens with zero attached hydrogens (tertiary/aromatic N) is 2. The number of aromatic nitrogens is 1. The molecule has 0 radical (unpaired) electrons. The molecule has 3 aromatic carbocycles. The highest BCUT2D eigenvalue weighted by molar-refractivity contribution is 5.98. The second-order valence-electron chi connectivity index (χ2n) is 8.83. The fourth-order valence-electron chi connectivity index (χ4n) is 3.94. The molecule has 0 spiro atoms. The molecule has 0 saturated carbocycles. The third-order valence-corrected chi connectivity index (χ3v) is 6.00. The average Bonchev–Trinajstić information content (AvgIpc) is 3.24. The van der Waals surface area contributed by atoms with Gasteiger partial charge in [-0.15, -0.1) is 0 Å². The van der Waals surface area contributed by atoms with E-state index in [4.69, 9.17) is 5.26 Å². The van der Waals surface area contributed by atoms with Crippen LogP contribution in [0.2, 0.25) is 0 Å². The standard InChI is InChI=1S/C27H21F4N3O/c1-16-4-6-17(7-5-16)19-12-23(28)21-10-11-34(24(21)13-19)26(2,3)25(35)33-20-9-8-18(15-32)22(14-20)27(29,30)31/h4-14H,1-3H3,(H,33,35). The van der Waals surface area contributed by atoms with Crippen LogP contribution in [0, 0.1) is 24.1 Å². The Morgan fingerprint density at radius 2 is 1.66 bits per heavy atom. The third-order valence-electron chi connectivity index (χ3n) is 6.00. The van der Waals surface area contributed by atoms with Gasteiger partial charge in [0.2, 0.25) is 5.91 Å². The Labute approximate surface area is 199 Å². The van der Waals surface area contributed by atoms with Crippen LogP contribution in [0.5, 0.6) is 0 Å². The number of amides is 1. The fourth-order valence-corrected chi connectivity index (χ4v) is 3.94. The van der Waals surface area contributed by atoms with E-state index in [-0.39, 0.29) is 5.69 Å². The van der Waals surface area contributed by atoms with E-state index < -0.39 is 34.6 Å². The van der Waals surface area contributed by atoms with Gasteiger partial charge in [-0.2, -0.15) is 18.4 Å². The van der Waals surface area contributed by atoms with Crippen LogP contribution in [0.1, 0.15) is 30.5 Å². The van der Waals surface area contributed by atoms with Gasteiger partial charge in [-0.1, -0.05) is 29.8 Å². The normalized spacial score (nSPS) is 11.9. The van der Waals surface area contributed by atoms with Gasteiger partial charge in [-0.05, 0) is 68.3 Å². The van der Waals surface area contributed by atoms with Crippen molar-refractivity contribution < 1.29 is 22.4 Å². The minimum atomic E-state index is -4.75. The lowest BCUT2D eigenvalue weighted by molar-refractivity contribution is -0.137. The van der Waals surface area contributed by atoms with Crippen molar-refractivity contribution in [2.24, 2.45) is 0 Å². The van der Waals surface area contributed by atoms with Crippen LogP contribution in [0.4, 0.5) is 23.2 Å². The highest BCUT2D eigenvalue weighted by Gasteiger charge is 2.35. The number of aryl methyl sites for hydroxylation is 1. The monoisotopic (exact) mass is 479 g/mol. The van der Waals surface area contributed by atoms with Gasteiger partial charge in [0.05, 0.1) is 22.7 Å². The molecule has 0 fully saturated rings. The van der Waals surface area contributed by atoms with Gasteiger partial charge < -0.3 is 9.88 Å². The van der Waals surface area contributed by atoms with Crippen LogP contribution < -0.4 is 5.32 Å². The van der Waals surface area contributed by atoms with Crippen LogP contribution in [0.15, 0.2) is 66.9 Å². The van der Waals surface area contributed by atoms with Crippen LogP contribution in [-0.4, -0.2) is 10.5 Å². The van der Waals surface area contributed by atoms with Crippen LogP contribution in [0.25, 0.3) is 22.0 Å². The van der Waals surface area contributed by atoms with E-state index in [9.17, 15) is 22.4 Å². The zero-order valence-electron chi connectivity index (χ0n) is 19.2. The molecular formula is C27H21F4N3O. The van der Waals surface area contributed by atoms with Crippen LogP contribution >= 0.6 is 0 Å². The molecule has 0 aliphatic rings. The summed E-state index contributed by atoms with van der Waals surface area (Å²) in [6.45, 7) is 5.13. The zero-order chi connectivity index (χ0) is 25.5. The Balaban J connectivity index is 1.72. The maximum atomic E-state index is 14.9. The van der Waals surface area contributed by atoms with E-state index >= 15 is 0 Å². The first-order valence-corrected chi connectivity index (χ1v) is 10.7. The first-order valence-electron chi connectivity index (χ1n) is 10.7. The molecule has 1 amide bonds. The van der Waals surface area contributed by atoms with Crippen molar-refractivity contribution in [3.05, 3.63) is 89.4 Å². The summed E-state index contributed by atoms with van der Waals surface area (Å²) in [6.07, 6.45) is -3.17. The molecule has 1 N–H and O–H groups in total. The number of carbonyl (C=O) groups excluding carboxylic acids is 1. The van der Waals surface area contributed by atoms with Gasteiger partial charge in [0.15, 0.2) is 0 Å². The summed E-state index contributed by atoms with van der Waals surface area (Å²) in [6, 6.07) is 16.9. The number of carbonyl (C=O) groups is 1. The molecule has 4 rings (SSSR count). The van der Waals surface area contributed by atoms with Crippen molar-refractivity contribution in [3.8, 4) is 17.2 Å². The van der Waals surface area contributed by atoms with E-state index in [2.05, 4.69) is 5.32 Å². The molecular weight excluding hydrogens is 458 g/mol. The van der Waals surface area contributed by atoms with E-state index in [1.54, 1.807) is 36.7 Å². The van der Waals surface area contributed by atoms with Crippen molar-refractivity contribution >= 4 is 22.5 Å². The molecule has 0 unspecified atom stereocenters. The second-order valence-corrected chi connectivity index (χ2v) is 8.83. The third kappa shape index (κ3) is 4.50. The molecule has 8 heteroatoms. The lowest BCUT2D eigenvalue weighted by atomic mass is 10.0. The first-order chi connectivity index (χ1) is 16.4. The Bertz CT molecular complexity index is 1480. The maximum absolute atomic E-state index is 14.9. The maximum Gasteiger partial charge on any atom is 0.417 e. The Hall–Kier alpha value is -4.12. The van der Waals surface area contributed by atoms with Gasteiger partial charge in [0.25, 0.3) is 0 Å². The molecule has 1 aromatic heterocycles. The smallest absolute Gasteiger partial charge is 0.333 e. The van der Waals surface area contributed by atoms with Gasteiger partial charge >= 0.3 is 6.18 Å². The highest BCUT2D eigenvalue weighted by Crippen LogP contribution is 2.35. The summed E-state index contributed by atoms with van der Waals surface area (Å²) in [7, 11) is 0. The lowest BCUT2D eigenvalue weighted by Gasteiger charge is -2.27. The van der Waals surface area contributed by atoms with E-state index in [0.717, 1.165) is 23.3 Å². The summed E-state index contributed by atoms with van der Waals surface area (Å²) in [5, 5.41) is 11.8. The largest absolute Gasteiger partial charge is 0.417 e. The molecule has 178 valence electrons. The first kappa shape index (κ1) is 24.0. The number of anilines is 1. The summed E-state index contributed by atoms with van der Waals surface area (Å²) >= 11 is 0. The number of alkyl halides is 3. The number of fused-ring (bicyclic) bond motifs is 1. The lowest BCUT2D eigenvalue weighted by Crippen LogP contribution is -2.40. The second kappa shape index (κ2) is 8.58. The van der Waals surface area contributed by atoms with Gasteiger partial charge in [0.1, 0.15) is 11.4 Å². The average molecular weight is 479 g/mol. The number of benzene rings is 3. The molecule has 0 atom stereocenters.